The average molecular weight is 775 g/mol. The minimum atomic E-state index is -1.23. The number of piperidine rings is 1. The molecule has 15 heteroatoms. The first-order valence-corrected chi connectivity index (χ1v) is 18.8. The molecule has 0 saturated carbocycles. The number of ether oxygens (including phenoxy) is 4. The molecule has 0 bridgehead atoms. The maximum absolute atomic E-state index is 13.5. The monoisotopic (exact) mass is 774 g/mol. The van der Waals surface area contributed by atoms with Crippen molar-refractivity contribution in [1.82, 2.24) is 20.4 Å². The van der Waals surface area contributed by atoms with Crippen LogP contribution in [0.2, 0.25) is 0 Å². The van der Waals surface area contributed by atoms with Gasteiger partial charge in [-0.1, -0.05) is 62.4 Å². The number of ketones is 2. The maximum atomic E-state index is 13.5. The van der Waals surface area contributed by atoms with E-state index in [1.165, 1.54) is 24.0 Å². The minimum absolute atomic E-state index is 0.118. The molecular formula is C41H50N4O11. The van der Waals surface area contributed by atoms with Crippen molar-refractivity contribution in [3.05, 3.63) is 72.1 Å². The Morgan fingerprint density at radius 3 is 1.96 bits per heavy atom. The number of esters is 2. The van der Waals surface area contributed by atoms with Crippen LogP contribution in [0.1, 0.15) is 80.0 Å². The number of likely N-dealkylation sites (tertiary alicyclic amines) is 1. The van der Waals surface area contributed by atoms with Gasteiger partial charge in [-0.15, -0.1) is 0 Å². The van der Waals surface area contributed by atoms with Gasteiger partial charge in [-0.3, -0.25) is 19.2 Å². The number of nitrogens with zero attached hydrogens (tertiary/aromatic N) is 2. The first-order valence-electron chi connectivity index (χ1n) is 18.8. The Kier molecular flexibility index (Phi) is 13.2. The molecule has 300 valence electrons. The van der Waals surface area contributed by atoms with E-state index in [-0.39, 0.29) is 29.7 Å². The van der Waals surface area contributed by atoms with Crippen molar-refractivity contribution in [3.63, 3.8) is 0 Å². The zero-order valence-electron chi connectivity index (χ0n) is 32.5. The zero-order chi connectivity index (χ0) is 40.7. The van der Waals surface area contributed by atoms with E-state index in [0.717, 1.165) is 11.1 Å². The molecule has 2 aromatic carbocycles. The van der Waals surface area contributed by atoms with Crippen LogP contribution < -0.4 is 10.6 Å². The van der Waals surface area contributed by atoms with Crippen molar-refractivity contribution in [2.45, 2.75) is 89.0 Å². The van der Waals surface area contributed by atoms with Gasteiger partial charge in [-0.25, -0.2) is 14.4 Å². The Morgan fingerprint density at radius 2 is 1.41 bits per heavy atom. The number of carbonyl (C=O) groups excluding carboxylic acids is 7. The average Bonchev–Trinajstić information content (AvgIpc) is 3.83. The smallest absolute Gasteiger partial charge is 0.407 e. The van der Waals surface area contributed by atoms with E-state index in [9.17, 15) is 33.6 Å². The van der Waals surface area contributed by atoms with Gasteiger partial charge in [-0.05, 0) is 69.1 Å². The van der Waals surface area contributed by atoms with Gasteiger partial charge >= 0.3 is 18.0 Å². The number of hydrogen-bond donors (Lipinski definition) is 2. The van der Waals surface area contributed by atoms with Crippen LogP contribution in [-0.2, 0) is 38.1 Å². The first kappa shape index (κ1) is 41.4. The summed E-state index contributed by atoms with van der Waals surface area (Å²) in [4.78, 5) is 93.6. The Bertz CT molecular complexity index is 1840. The molecule has 0 radical (unpaired) electrons. The van der Waals surface area contributed by atoms with E-state index in [2.05, 4.69) is 21.9 Å². The third-order valence-corrected chi connectivity index (χ3v) is 10.9. The van der Waals surface area contributed by atoms with E-state index in [0.29, 0.717) is 56.2 Å². The van der Waals surface area contributed by atoms with Crippen LogP contribution in [0.25, 0.3) is 11.1 Å². The summed E-state index contributed by atoms with van der Waals surface area (Å²) in [5.74, 6) is -2.68. The predicted octanol–water partition coefficient (Wildman–Crippen LogP) is 3.80. The topological polar surface area (TPSA) is 187 Å². The van der Waals surface area contributed by atoms with Gasteiger partial charge in [0.25, 0.3) is 0 Å². The molecule has 3 amide bonds. The van der Waals surface area contributed by atoms with Crippen LogP contribution in [-0.4, -0.2) is 115 Å². The van der Waals surface area contributed by atoms with Crippen molar-refractivity contribution in [2.75, 3.05) is 34.0 Å². The zero-order valence-corrected chi connectivity index (χ0v) is 32.5. The molecular weight excluding hydrogens is 724 g/mol. The molecule has 56 heavy (non-hydrogen) atoms. The number of rotatable bonds is 15. The Balaban J connectivity index is 1.12. The lowest BCUT2D eigenvalue weighted by atomic mass is 9.96. The molecule has 2 aromatic rings. The lowest BCUT2D eigenvalue weighted by Crippen LogP contribution is -2.58. The van der Waals surface area contributed by atoms with Gasteiger partial charge in [0.15, 0.2) is 30.7 Å². The summed E-state index contributed by atoms with van der Waals surface area (Å²) in [6.45, 7) is 8.54. The summed E-state index contributed by atoms with van der Waals surface area (Å²) in [7, 11) is 2.66. The molecule has 0 aromatic heterocycles. The van der Waals surface area contributed by atoms with Crippen LogP contribution in [0.3, 0.4) is 0 Å². The van der Waals surface area contributed by atoms with Gasteiger partial charge in [0.1, 0.15) is 23.7 Å². The molecule has 3 heterocycles. The summed E-state index contributed by atoms with van der Waals surface area (Å²) in [6, 6.07) is 11.0. The highest BCUT2D eigenvalue weighted by atomic mass is 16.5. The van der Waals surface area contributed by atoms with Gasteiger partial charge < -0.3 is 39.4 Å². The highest BCUT2D eigenvalue weighted by Crippen LogP contribution is 2.34. The lowest BCUT2D eigenvalue weighted by molar-refractivity contribution is -0.160. The molecule has 0 spiro atoms. The Labute approximate surface area is 326 Å². The summed E-state index contributed by atoms with van der Waals surface area (Å²) < 4.78 is 20.6. The van der Waals surface area contributed by atoms with Crippen molar-refractivity contribution in [2.24, 2.45) is 5.92 Å². The predicted molar refractivity (Wildman–Crippen MR) is 202 cm³/mol. The minimum Gasteiger partial charge on any atom is -0.483 e. The Morgan fingerprint density at radius 1 is 0.839 bits per heavy atom. The number of nitrogens with one attached hydrogen (secondary N) is 2. The standard InChI is InChI=1S/C41H50N4O11/c1-24(2)35(42-25(3)53-5)37(49)44-21-7-20-41(44,4)39(51)56-23-34(47)29-14-10-27(11-15-29)26-8-12-28(13-9-26)33(46)22-55-38(50)32-19-17-30-16-18-31(36(48)45(30)32)43-40(52)54-6/h8-15,24,30-32,35,42H,3,7,16-23H2,1-2,4-6H3,(H,43,52)/t30-,31-,32-,35-,41-/m0/s1. The van der Waals surface area contributed by atoms with E-state index in [4.69, 9.17) is 14.2 Å². The third kappa shape index (κ3) is 9.03. The summed E-state index contributed by atoms with van der Waals surface area (Å²) in [5.41, 5.74) is 0.952. The number of amides is 3. The van der Waals surface area contributed by atoms with Crippen molar-refractivity contribution in [1.29, 1.82) is 0 Å². The molecule has 0 unspecified atom stereocenters. The quantitative estimate of drug-likeness (QED) is 0.116. The van der Waals surface area contributed by atoms with Crippen LogP contribution >= 0.6 is 0 Å². The van der Waals surface area contributed by atoms with Gasteiger partial charge in [0.05, 0.1) is 14.2 Å². The van der Waals surface area contributed by atoms with Crippen LogP contribution in [0.5, 0.6) is 0 Å². The summed E-state index contributed by atoms with van der Waals surface area (Å²) >= 11 is 0. The van der Waals surface area contributed by atoms with Crippen molar-refractivity contribution >= 4 is 41.4 Å². The van der Waals surface area contributed by atoms with Crippen LogP contribution in [0, 0.1) is 5.92 Å². The largest absolute Gasteiger partial charge is 0.483 e. The number of hydrogen-bond acceptors (Lipinski definition) is 12. The van der Waals surface area contributed by atoms with Gasteiger partial charge in [0.2, 0.25) is 11.8 Å². The van der Waals surface area contributed by atoms with Gasteiger partial charge in [0, 0.05) is 23.7 Å². The molecule has 3 aliphatic rings. The molecule has 3 saturated heterocycles. The van der Waals surface area contributed by atoms with Crippen LogP contribution in [0.4, 0.5) is 4.79 Å². The number of alkyl carbamates (subject to hydrolysis) is 1. The Hall–Kier alpha value is -5.73. The normalized spacial score (nSPS) is 22.1. The molecule has 15 nitrogen and oxygen atoms in total. The van der Waals surface area contributed by atoms with Crippen LogP contribution in [0.15, 0.2) is 61.0 Å². The lowest BCUT2D eigenvalue weighted by Gasteiger charge is -2.37. The number of Topliss-reactive ketones (excluding diaryl/α,β-unsaturated/α-hetero) is 2. The van der Waals surface area contributed by atoms with E-state index in [1.807, 2.05) is 13.8 Å². The maximum Gasteiger partial charge on any atom is 0.407 e. The fraction of sp³-hybridized carbons (Fsp3) is 0.488. The van der Waals surface area contributed by atoms with E-state index < -0.39 is 66.5 Å². The first-order chi connectivity index (χ1) is 26.7. The number of fused-ring (bicyclic) bond motifs is 1. The van der Waals surface area contributed by atoms with Gasteiger partial charge in [-0.2, -0.15) is 0 Å². The number of benzene rings is 2. The molecule has 3 fully saturated rings. The second kappa shape index (κ2) is 17.8. The molecule has 0 aliphatic carbocycles. The van der Waals surface area contributed by atoms with E-state index >= 15 is 0 Å². The summed E-state index contributed by atoms with van der Waals surface area (Å²) in [5, 5.41) is 5.49. The molecule has 5 rings (SSSR count). The molecule has 3 aliphatic heterocycles. The second-order valence-corrected chi connectivity index (χ2v) is 14.8. The van der Waals surface area contributed by atoms with Crippen molar-refractivity contribution in [3.8, 4) is 11.1 Å². The number of carbonyl (C=O) groups is 7. The fourth-order valence-electron chi connectivity index (χ4n) is 7.55. The SMILES string of the molecule is C=C(N[C@H](C(=O)N1CCC[C@@]1(C)C(=O)OCC(=O)c1ccc(-c2ccc(C(=O)COC(=O)[C@@H]3CC[C@@H]4CC[C@H](NC(=O)OC)C(=O)N43)cc2)cc1)C(C)C)OC. The van der Waals surface area contributed by atoms with Crippen molar-refractivity contribution < 1.29 is 52.5 Å². The third-order valence-electron chi connectivity index (χ3n) is 10.9. The molecule has 2 N–H and O–H groups in total. The number of methoxy groups -OCH3 is 2. The summed E-state index contributed by atoms with van der Waals surface area (Å²) in [6.07, 6.45) is 2.38. The fourth-order valence-corrected chi connectivity index (χ4v) is 7.55. The highest BCUT2D eigenvalue weighted by molar-refractivity contribution is 6.00. The second-order valence-electron chi connectivity index (χ2n) is 14.8. The highest BCUT2D eigenvalue weighted by Gasteiger charge is 2.49. The molecule has 5 atom stereocenters. The van der Waals surface area contributed by atoms with E-state index in [1.54, 1.807) is 55.5 Å².